The molecule has 1 atom stereocenters. The summed E-state index contributed by atoms with van der Waals surface area (Å²) >= 11 is 0. The quantitative estimate of drug-likeness (QED) is 0.495. The van der Waals surface area contributed by atoms with Gasteiger partial charge in [0.25, 0.3) is 0 Å². The highest BCUT2D eigenvalue weighted by molar-refractivity contribution is 5.69. The zero-order valence-electron chi connectivity index (χ0n) is 10.2. The summed E-state index contributed by atoms with van der Waals surface area (Å²) in [7, 11) is 0. The zero-order chi connectivity index (χ0) is 11.7. The van der Waals surface area contributed by atoms with Crippen molar-refractivity contribution in [2.75, 3.05) is 6.61 Å². The Morgan fingerprint density at radius 3 is 2.60 bits per heavy atom. The van der Waals surface area contributed by atoms with Gasteiger partial charge in [-0.1, -0.05) is 39.0 Å². The lowest BCUT2D eigenvalue weighted by atomic mass is 10.1. The molecule has 0 amide bonds. The highest BCUT2D eigenvalue weighted by atomic mass is 16.5. The van der Waals surface area contributed by atoms with Crippen molar-refractivity contribution < 1.29 is 9.53 Å². The number of rotatable bonds is 6. The van der Waals surface area contributed by atoms with Gasteiger partial charge in [0.1, 0.15) is 6.61 Å². The number of carbonyl (C=O) groups is 1. The Labute approximate surface area is 93.0 Å². The molecule has 0 aromatic carbocycles. The maximum absolute atomic E-state index is 10.9. The first-order valence-electron chi connectivity index (χ1n) is 5.59. The third kappa shape index (κ3) is 7.98. The summed E-state index contributed by atoms with van der Waals surface area (Å²) < 4.78 is 5.03. The van der Waals surface area contributed by atoms with E-state index in [1.54, 1.807) is 6.92 Å². The number of esters is 1. The first-order valence-corrected chi connectivity index (χ1v) is 5.59. The minimum absolute atomic E-state index is 0.139. The second kappa shape index (κ2) is 8.27. The van der Waals surface area contributed by atoms with Crippen LogP contribution < -0.4 is 0 Å². The van der Waals surface area contributed by atoms with Gasteiger partial charge < -0.3 is 4.74 Å². The molecule has 0 heterocycles. The van der Waals surface area contributed by atoms with E-state index in [9.17, 15) is 4.79 Å². The summed E-state index contributed by atoms with van der Waals surface area (Å²) in [5.74, 6) is 0.268. The number of carbonyl (C=O) groups excluding carboxylic acids is 1. The van der Waals surface area contributed by atoms with Crippen molar-refractivity contribution in [2.24, 2.45) is 5.92 Å². The van der Waals surface area contributed by atoms with E-state index in [0.717, 1.165) is 12.0 Å². The van der Waals surface area contributed by atoms with Crippen LogP contribution in [0.4, 0.5) is 0 Å². The van der Waals surface area contributed by atoms with Gasteiger partial charge in [-0.25, -0.2) is 0 Å². The van der Waals surface area contributed by atoms with Gasteiger partial charge in [0.2, 0.25) is 0 Å². The van der Waals surface area contributed by atoms with Crippen LogP contribution in [-0.4, -0.2) is 12.6 Å². The Kier molecular flexibility index (Phi) is 7.69. The summed E-state index contributed by atoms with van der Waals surface area (Å²) in [4.78, 5) is 10.9. The highest BCUT2D eigenvalue weighted by Crippen LogP contribution is 2.06. The minimum atomic E-state index is -0.139. The lowest BCUT2D eigenvalue weighted by Crippen LogP contribution is -2.05. The molecule has 0 aliphatic rings. The van der Waals surface area contributed by atoms with Crippen molar-refractivity contribution in [3.63, 3.8) is 0 Å². The van der Waals surface area contributed by atoms with Gasteiger partial charge in [-0.3, -0.25) is 4.79 Å². The van der Waals surface area contributed by atoms with Crippen LogP contribution in [0.5, 0.6) is 0 Å². The molecule has 0 spiro atoms. The Bertz CT molecular complexity index is 239. The van der Waals surface area contributed by atoms with Crippen molar-refractivity contribution in [1.29, 1.82) is 0 Å². The van der Waals surface area contributed by atoms with Crippen LogP contribution in [0, 0.1) is 5.92 Å². The molecular weight excluding hydrogens is 188 g/mol. The molecule has 2 heteroatoms. The van der Waals surface area contributed by atoms with Crippen molar-refractivity contribution in [1.82, 2.24) is 0 Å². The third-order valence-electron chi connectivity index (χ3n) is 1.97. The Morgan fingerprint density at radius 2 is 2.07 bits per heavy atom. The monoisotopic (exact) mass is 210 g/mol. The molecule has 0 saturated carbocycles. The summed E-state index contributed by atoms with van der Waals surface area (Å²) in [6.45, 7) is 8.43. The maximum Gasteiger partial charge on any atom is 0.305 e. The summed E-state index contributed by atoms with van der Waals surface area (Å²) in [5.41, 5.74) is 1.10. The van der Waals surface area contributed by atoms with E-state index in [4.69, 9.17) is 4.74 Å². The smallest absolute Gasteiger partial charge is 0.305 e. The number of hydrogen-bond acceptors (Lipinski definition) is 2. The average Bonchev–Trinajstić information content (AvgIpc) is 2.22. The van der Waals surface area contributed by atoms with Gasteiger partial charge >= 0.3 is 5.97 Å². The van der Waals surface area contributed by atoms with E-state index in [1.807, 2.05) is 6.92 Å². The fourth-order valence-corrected chi connectivity index (χ4v) is 1.20. The zero-order valence-corrected chi connectivity index (χ0v) is 10.2. The van der Waals surface area contributed by atoms with Gasteiger partial charge in [-0.15, -0.1) is 0 Å². The molecule has 2 nitrogen and oxygen atoms in total. The van der Waals surface area contributed by atoms with Crippen molar-refractivity contribution in [3.8, 4) is 0 Å². The molecule has 0 aliphatic carbocycles. The van der Waals surface area contributed by atoms with Crippen LogP contribution in [0.3, 0.4) is 0 Å². The molecule has 0 fully saturated rings. The SMILES string of the molecule is CC/C=C/C(C)/C=C(\C)COC(=O)CC. The van der Waals surface area contributed by atoms with E-state index in [-0.39, 0.29) is 5.97 Å². The van der Waals surface area contributed by atoms with Crippen LogP contribution >= 0.6 is 0 Å². The highest BCUT2D eigenvalue weighted by Gasteiger charge is 1.99. The molecule has 0 saturated heterocycles. The van der Waals surface area contributed by atoms with Crippen LogP contribution in [0.15, 0.2) is 23.8 Å². The predicted molar refractivity (Wildman–Crippen MR) is 63.6 cm³/mol. The van der Waals surface area contributed by atoms with Crippen LogP contribution in [-0.2, 0) is 9.53 Å². The number of allylic oxidation sites excluding steroid dienone is 3. The summed E-state index contributed by atoms with van der Waals surface area (Å²) in [6, 6.07) is 0. The van der Waals surface area contributed by atoms with Gasteiger partial charge in [0.05, 0.1) is 0 Å². The molecule has 86 valence electrons. The second-order valence-electron chi connectivity index (χ2n) is 3.72. The first-order chi connectivity index (χ1) is 7.10. The molecule has 0 aliphatic heterocycles. The van der Waals surface area contributed by atoms with Gasteiger partial charge in [-0.2, -0.15) is 0 Å². The van der Waals surface area contributed by atoms with E-state index >= 15 is 0 Å². The first kappa shape index (κ1) is 13.9. The third-order valence-corrected chi connectivity index (χ3v) is 1.97. The lowest BCUT2D eigenvalue weighted by Gasteiger charge is -2.05. The van der Waals surface area contributed by atoms with E-state index < -0.39 is 0 Å². The topological polar surface area (TPSA) is 26.3 Å². The molecule has 0 rings (SSSR count). The largest absolute Gasteiger partial charge is 0.461 e. The average molecular weight is 210 g/mol. The van der Waals surface area contributed by atoms with Crippen LogP contribution in [0.1, 0.15) is 40.5 Å². The van der Waals surface area contributed by atoms with E-state index in [0.29, 0.717) is 18.9 Å². The number of hydrogen-bond donors (Lipinski definition) is 0. The minimum Gasteiger partial charge on any atom is -0.461 e. The summed E-state index contributed by atoms with van der Waals surface area (Å²) in [5, 5.41) is 0. The molecule has 0 bridgehead atoms. The second-order valence-corrected chi connectivity index (χ2v) is 3.72. The Hall–Kier alpha value is -1.05. The molecule has 0 aromatic heterocycles. The Morgan fingerprint density at radius 1 is 1.40 bits per heavy atom. The molecule has 1 unspecified atom stereocenters. The molecular formula is C13H22O2. The summed E-state index contributed by atoms with van der Waals surface area (Å²) in [6.07, 6.45) is 7.92. The van der Waals surface area contributed by atoms with Gasteiger partial charge in [0, 0.05) is 6.42 Å². The van der Waals surface area contributed by atoms with Crippen molar-refractivity contribution >= 4 is 5.97 Å². The molecule has 0 aromatic rings. The van der Waals surface area contributed by atoms with Crippen LogP contribution in [0.25, 0.3) is 0 Å². The van der Waals surface area contributed by atoms with Crippen LogP contribution in [0.2, 0.25) is 0 Å². The fraction of sp³-hybridized carbons (Fsp3) is 0.615. The fourth-order valence-electron chi connectivity index (χ4n) is 1.20. The molecule has 0 radical (unpaired) electrons. The normalized spacial score (nSPS) is 14.3. The standard InChI is InChI=1S/C13H22O2/c1-5-7-8-11(3)9-12(4)10-15-13(14)6-2/h7-9,11H,5-6,10H2,1-4H3/b8-7+,12-9+. The van der Waals surface area contributed by atoms with E-state index in [2.05, 4.69) is 32.1 Å². The van der Waals surface area contributed by atoms with Crippen molar-refractivity contribution in [3.05, 3.63) is 23.8 Å². The molecule has 0 N–H and O–H groups in total. The predicted octanol–water partition coefficient (Wildman–Crippen LogP) is 3.49. The lowest BCUT2D eigenvalue weighted by molar-refractivity contribution is -0.142. The van der Waals surface area contributed by atoms with Gasteiger partial charge in [0.15, 0.2) is 0 Å². The van der Waals surface area contributed by atoms with Gasteiger partial charge in [-0.05, 0) is 24.8 Å². The number of ether oxygens (including phenoxy) is 1. The Balaban J connectivity index is 3.96. The van der Waals surface area contributed by atoms with E-state index in [1.165, 1.54) is 0 Å². The maximum atomic E-state index is 10.9. The molecule has 15 heavy (non-hydrogen) atoms. The van der Waals surface area contributed by atoms with Crippen molar-refractivity contribution in [2.45, 2.75) is 40.5 Å².